The fraction of sp³-hybridized carbons (Fsp3) is 0.241. The summed E-state index contributed by atoms with van der Waals surface area (Å²) in [6.45, 7) is 3.98. The molecular formula is C29H25F3N6O3S. The molecule has 6 rings (SSSR count). The van der Waals surface area contributed by atoms with Crippen LogP contribution in [0.1, 0.15) is 36.7 Å². The van der Waals surface area contributed by atoms with Gasteiger partial charge in [0.05, 0.1) is 35.2 Å². The van der Waals surface area contributed by atoms with Gasteiger partial charge in [-0.3, -0.25) is 19.6 Å². The first-order chi connectivity index (χ1) is 20.2. The van der Waals surface area contributed by atoms with Gasteiger partial charge in [0.25, 0.3) is 11.8 Å². The molecule has 4 heterocycles. The lowest BCUT2D eigenvalue weighted by Gasteiger charge is -2.27. The Morgan fingerprint density at radius 2 is 1.86 bits per heavy atom. The Balaban J connectivity index is 1.19. The monoisotopic (exact) mass is 594 g/mol. The Kier molecular flexibility index (Phi) is 7.39. The van der Waals surface area contributed by atoms with Crippen LogP contribution < -0.4 is 10.6 Å². The second kappa shape index (κ2) is 11.2. The molecule has 1 aliphatic rings. The number of halogens is 3. The summed E-state index contributed by atoms with van der Waals surface area (Å²) in [4.78, 5) is 32.9. The number of alkyl halides is 3. The molecular weight excluding hydrogens is 569 g/mol. The largest absolute Gasteiger partial charge is 0.416 e. The second-order valence-electron chi connectivity index (χ2n) is 9.98. The molecule has 1 saturated heterocycles. The molecule has 13 heteroatoms. The standard InChI is InChI=1S/C29H25F3N6O3S/c1-16-2-3-17(10-23(16)36-28(40)24-11-19-13-33-26-21(14-34-37-26)25(19)42-24)27(39)35-20-5-4-18(22(12-20)29(30,31)32)15-38-6-8-41-9-7-38/h2-5,10-14H,6-9,15H2,1H3,(H,35,39)(H,36,40)(H,33,34,37). The van der Waals surface area contributed by atoms with Gasteiger partial charge in [-0.05, 0) is 48.4 Å². The molecule has 9 nitrogen and oxygen atoms in total. The van der Waals surface area contributed by atoms with Crippen LogP contribution in [0.5, 0.6) is 0 Å². The number of amides is 2. The number of hydrogen-bond acceptors (Lipinski definition) is 7. The number of nitrogens with one attached hydrogen (secondary N) is 3. The number of morpholine rings is 1. The van der Waals surface area contributed by atoms with Gasteiger partial charge in [-0.1, -0.05) is 12.1 Å². The molecule has 0 aliphatic carbocycles. The Bertz CT molecular complexity index is 1810. The highest BCUT2D eigenvalue weighted by molar-refractivity contribution is 7.21. The fourth-order valence-electron chi connectivity index (χ4n) is 4.84. The first-order valence-electron chi connectivity index (χ1n) is 13.1. The Morgan fingerprint density at radius 1 is 1.05 bits per heavy atom. The van der Waals surface area contributed by atoms with Crippen molar-refractivity contribution in [3.05, 3.63) is 82.0 Å². The summed E-state index contributed by atoms with van der Waals surface area (Å²) in [5.41, 5.74) is 1.29. The van der Waals surface area contributed by atoms with Gasteiger partial charge < -0.3 is 15.4 Å². The number of aryl methyl sites for hydroxylation is 1. The number of carbonyl (C=O) groups excluding carboxylic acids is 2. The SMILES string of the molecule is Cc1ccc(C(=O)Nc2ccc(CN3CCOCC3)c(C(F)(F)F)c2)cc1NC(=O)c1cc2cnc3[nH]ncc3c2s1. The van der Waals surface area contributed by atoms with E-state index in [0.29, 0.717) is 48.1 Å². The molecule has 3 aromatic heterocycles. The summed E-state index contributed by atoms with van der Waals surface area (Å²) in [7, 11) is 0. The van der Waals surface area contributed by atoms with Gasteiger partial charge in [-0.2, -0.15) is 18.3 Å². The number of aromatic nitrogens is 3. The van der Waals surface area contributed by atoms with Crippen molar-refractivity contribution in [2.45, 2.75) is 19.6 Å². The van der Waals surface area contributed by atoms with E-state index >= 15 is 0 Å². The number of carbonyl (C=O) groups is 2. The third-order valence-corrected chi connectivity index (χ3v) is 8.28. The van der Waals surface area contributed by atoms with E-state index in [4.69, 9.17) is 4.74 Å². The van der Waals surface area contributed by atoms with Gasteiger partial charge in [0.2, 0.25) is 0 Å². The molecule has 1 aliphatic heterocycles. The average Bonchev–Trinajstić information content (AvgIpc) is 3.62. The van der Waals surface area contributed by atoms with Crippen LogP contribution in [0, 0.1) is 6.92 Å². The third kappa shape index (κ3) is 5.71. The molecule has 0 saturated carbocycles. The third-order valence-electron chi connectivity index (χ3n) is 7.10. The molecule has 42 heavy (non-hydrogen) atoms. The van der Waals surface area contributed by atoms with E-state index in [2.05, 4.69) is 25.8 Å². The zero-order valence-corrected chi connectivity index (χ0v) is 23.2. The number of thiophene rings is 1. The van der Waals surface area contributed by atoms with Gasteiger partial charge >= 0.3 is 6.18 Å². The maximum absolute atomic E-state index is 13.9. The maximum atomic E-state index is 13.9. The summed E-state index contributed by atoms with van der Waals surface area (Å²) in [6.07, 6.45) is -1.27. The van der Waals surface area contributed by atoms with E-state index in [1.807, 2.05) is 4.90 Å². The van der Waals surface area contributed by atoms with Gasteiger partial charge in [0, 0.05) is 52.9 Å². The van der Waals surface area contributed by atoms with E-state index < -0.39 is 17.6 Å². The topological polar surface area (TPSA) is 112 Å². The summed E-state index contributed by atoms with van der Waals surface area (Å²) in [5.74, 6) is -0.964. The van der Waals surface area contributed by atoms with Crippen LogP contribution in [0.2, 0.25) is 0 Å². The number of nitrogens with zero attached hydrogens (tertiary/aromatic N) is 3. The minimum absolute atomic E-state index is 0.0219. The lowest BCUT2D eigenvalue weighted by Crippen LogP contribution is -2.36. The molecule has 0 spiro atoms. The number of rotatable bonds is 6. The predicted molar refractivity (Wildman–Crippen MR) is 154 cm³/mol. The minimum Gasteiger partial charge on any atom is -0.379 e. The number of aromatic amines is 1. The molecule has 5 aromatic rings. The number of H-pyrrole nitrogens is 1. The van der Waals surface area contributed by atoms with Gasteiger partial charge in [-0.25, -0.2) is 4.98 Å². The van der Waals surface area contributed by atoms with E-state index in [1.54, 1.807) is 37.5 Å². The Hall–Kier alpha value is -4.33. The molecule has 0 atom stereocenters. The van der Waals surface area contributed by atoms with Gasteiger partial charge in [-0.15, -0.1) is 11.3 Å². The molecule has 2 aromatic carbocycles. The number of pyridine rings is 1. The Morgan fingerprint density at radius 3 is 2.64 bits per heavy atom. The van der Waals surface area contributed by atoms with Crippen LogP contribution in [0.15, 0.2) is 54.9 Å². The molecule has 0 unspecified atom stereocenters. The minimum atomic E-state index is -4.59. The van der Waals surface area contributed by atoms with Crippen molar-refractivity contribution in [3.63, 3.8) is 0 Å². The van der Waals surface area contributed by atoms with E-state index in [1.165, 1.54) is 29.5 Å². The quantitative estimate of drug-likeness (QED) is 0.228. The number of hydrogen-bond donors (Lipinski definition) is 3. The van der Waals surface area contributed by atoms with Crippen molar-refractivity contribution in [1.29, 1.82) is 0 Å². The van der Waals surface area contributed by atoms with Crippen molar-refractivity contribution in [1.82, 2.24) is 20.1 Å². The highest BCUT2D eigenvalue weighted by atomic mass is 32.1. The molecule has 0 bridgehead atoms. The first kappa shape index (κ1) is 27.8. The second-order valence-corrected chi connectivity index (χ2v) is 11.0. The summed E-state index contributed by atoms with van der Waals surface area (Å²) < 4.78 is 47.9. The highest BCUT2D eigenvalue weighted by Crippen LogP contribution is 2.35. The number of benzene rings is 2. The average molecular weight is 595 g/mol. The van der Waals surface area contributed by atoms with Crippen molar-refractivity contribution < 1.29 is 27.5 Å². The van der Waals surface area contributed by atoms with Crippen molar-refractivity contribution >= 4 is 55.6 Å². The van der Waals surface area contributed by atoms with Crippen molar-refractivity contribution in [2.24, 2.45) is 0 Å². The molecule has 3 N–H and O–H groups in total. The lowest BCUT2D eigenvalue weighted by atomic mass is 10.0. The van der Waals surface area contributed by atoms with Crippen LogP contribution in [0.3, 0.4) is 0 Å². The van der Waals surface area contributed by atoms with Crippen LogP contribution in [0.4, 0.5) is 24.5 Å². The molecule has 0 radical (unpaired) electrons. The van der Waals surface area contributed by atoms with E-state index in [-0.39, 0.29) is 29.3 Å². The maximum Gasteiger partial charge on any atom is 0.416 e. The molecule has 1 fully saturated rings. The Labute approximate surface area is 241 Å². The van der Waals surface area contributed by atoms with E-state index in [9.17, 15) is 22.8 Å². The number of fused-ring (bicyclic) bond motifs is 3. The number of ether oxygens (including phenoxy) is 1. The number of anilines is 2. The molecule has 2 amide bonds. The summed E-state index contributed by atoms with van der Waals surface area (Å²) in [6, 6.07) is 10.3. The van der Waals surface area contributed by atoms with Crippen molar-refractivity contribution in [3.8, 4) is 0 Å². The predicted octanol–water partition coefficient (Wildman–Crippen LogP) is 5.84. The van der Waals surface area contributed by atoms with E-state index in [0.717, 1.165) is 21.5 Å². The van der Waals surface area contributed by atoms with Crippen LogP contribution in [-0.2, 0) is 17.5 Å². The highest BCUT2D eigenvalue weighted by Gasteiger charge is 2.34. The van der Waals surface area contributed by atoms with Gasteiger partial charge in [0.1, 0.15) is 0 Å². The zero-order chi connectivity index (χ0) is 29.4. The summed E-state index contributed by atoms with van der Waals surface area (Å²) >= 11 is 1.30. The van der Waals surface area contributed by atoms with Crippen LogP contribution in [0.25, 0.3) is 21.1 Å². The van der Waals surface area contributed by atoms with Crippen molar-refractivity contribution in [2.75, 3.05) is 36.9 Å². The van der Waals surface area contributed by atoms with Gasteiger partial charge in [0.15, 0.2) is 5.65 Å². The van der Waals surface area contributed by atoms with Crippen LogP contribution in [-0.4, -0.2) is 58.2 Å². The first-order valence-corrected chi connectivity index (χ1v) is 13.9. The zero-order valence-electron chi connectivity index (χ0n) is 22.3. The smallest absolute Gasteiger partial charge is 0.379 e. The summed E-state index contributed by atoms with van der Waals surface area (Å²) in [5, 5.41) is 13.8. The fourth-order valence-corrected chi connectivity index (χ4v) is 5.88. The normalized spacial score (nSPS) is 14.4. The molecule has 216 valence electrons. The van der Waals surface area contributed by atoms with Crippen LogP contribution >= 0.6 is 11.3 Å². The lowest BCUT2D eigenvalue weighted by molar-refractivity contribution is -0.138.